The molecule has 27 heavy (non-hydrogen) atoms. The lowest BCUT2D eigenvalue weighted by atomic mass is 9.73. The van der Waals surface area contributed by atoms with Gasteiger partial charge >= 0.3 is 6.09 Å². The van der Waals surface area contributed by atoms with Gasteiger partial charge in [-0.25, -0.2) is 4.79 Å². The first kappa shape index (κ1) is 18.0. The molecular weight excluding hydrogens is 340 g/mol. The number of aromatic nitrogens is 1. The fourth-order valence-corrected chi connectivity index (χ4v) is 4.57. The minimum absolute atomic E-state index is 0.00582. The molecule has 0 saturated carbocycles. The zero-order chi connectivity index (χ0) is 18.9. The zero-order valence-corrected chi connectivity index (χ0v) is 15.7. The third kappa shape index (κ3) is 3.69. The third-order valence-electron chi connectivity index (χ3n) is 5.84. The minimum atomic E-state index is -0.926. The van der Waals surface area contributed by atoms with Gasteiger partial charge in [-0.2, -0.15) is 0 Å². The van der Waals surface area contributed by atoms with E-state index in [1.165, 1.54) is 0 Å². The van der Waals surface area contributed by atoms with Crippen molar-refractivity contribution in [2.45, 2.75) is 63.3 Å². The lowest BCUT2D eigenvalue weighted by Gasteiger charge is -2.51. The highest BCUT2D eigenvalue weighted by Crippen LogP contribution is 2.44. The van der Waals surface area contributed by atoms with Gasteiger partial charge in [-0.05, 0) is 37.3 Å². The predicted molar refractivity (Wildman–Crippen MR) is 102 cm³/mol. The normalized spacial score (nSPS) is 27.3. The second-order valence-corrected chi connectivity index (χ2v) is 7.88. The van der Waals surface area contributed by atoms with Crippen LogP contribution >= 0.6 is 0 Å². The van der Waals surface area contributed by atoms with Gasteiger partial charge in [0.05, 0.1) is 5.60 Å². The average Bonchev–Trinajstić information content (AvgIpc) is 2.66. The molecule has 2 saturated heterocycles. The Kier molecular flexibility index (Phi) is 4.87. The van der Waals surface area contributed by atoms with Crippen LogP contribution in [-0.4, -0.2) is 33.2 Å². The van der Waals surface area contributed by atoms with E-state index in [9.17, 15) is 9.90 Å². The van der Waals surface area contributed by atoms with Crippen LogP contribution in [0, 0.1) is 6.92 Å². The Morgan fingerprint density at radius 1 is 1.22 bits per heavy atom. The van der Waals surface area contributed by atoms with Crippen molar-refractivity contribution >= 4 is 6.09 Å². The molecule has 5 heteroatoms. The maximum atomic E-state index is 12.8. The van der Waals surface area contributed by atoms with Gasteiger partial charge in [-0.3, -0.25) is 4.98 Å². The Labute approximate surface area is 160 Å². The number of pyridine rings is 1. The fraction of sp³-hybridized carbons (Fsp3) is 0.455. The van der Waals surface area contributed by atoms with E-state index in [4.69, 9.17) is 4.74 Å². The minimum Gasteiger partial charge on any atom is -0.445 e. The maximum Gasteiger partial charge on any atom is 0.410 e. The van der Waals surface area contributed by atoms with E-state index >= 15 is 0 Å². The molecule has 3 heterocycles. The Morgan fingerprint density at radius 2 is 1.93 bits per heavy atom. The smallest absolute Gasteiger partial charge is 0.410 e. The van der Waals surface area contributed by atoms with E-state index in [1.807, 2.05) is 48.2 Å². The molecule has 1 aromatic heterocycles. The number of nitrogens with zero attached hydrogens (tertiary/aromatic N) is 2. The zero-order valence-electron chi connectivity index (χ0n) is 15.7. The standard InChI is InChI=1S/C22H26N2O3/c1-16-10-18(14-23-13-16)22(26)11-19-8-5-9-20(12-22)24(19)21(25)27-15-17-6-3-2-4-7-17/h2-4,6-7,10,13-14,19-20,26H,5,8-9,11-12,15H2,1H3. The predicted octanol–water partition coefficient (Wildman–Crippen LogP) is 3.93. The van der Waals surface area contributed by atoms with Gasteiger partial charge in [-0.15, -0.1) is 0 Å². The van der Waals surface area contributed by atoms with Crippen LogP contribution in [0.25, 0.3) is 0 Å². The lowest BCUT2D eigenvalue weighted by Crippen LogP contribution is -2.58. The van der Waals surface area contributed by atoms with Gasteiger partial charge in [0.1, 0.15) is 6.61 Å². The highest BCUT2D eigenvalue weighted by molar-refractivity contribution is 5.69. The number of hydrogen-bond acceptors (Lipinski definition) is 4. The molecule has 1 N–H and O–H groups in total. The van der Waals surface area contributed by atoms with E-state index in [2.05, 4.69) is 4.98 Å². The number of carbonyl (C=O) groups is 1. The van der Waals surface area contributed by atoms with E-state index in [-0.39, 0.29) is 24.8 Å². The van der Waals surface area contributed by atoms with Crippen molar-refractivity contribution in [2.24, 2.45) is 0 Å². The average molecular weight is 366 g/mol. The highest BCUT2D eigenvalue weighted by atomic mass is 16.6. The number of aliphatic hydroxyl groups is 1. The van der Waals surface area contributed by atoms with Gasteiger partial charge in [0.15, 0.2) is 0 Å². The van der Waals surface area contributed by atoms with Crippen molar-refractivity contribution in [3.8, 4) is 0 Å². The summed E-state index contributed by atoms with van der Waals surface area (Å²) in [5.41, 5.74) is 1.95. The largest absolute Gasteiger partial charge is 0.445 e. The van der Waals surface area contributed by atoms with Crippen molar-refractivity contribution in [3.63, 3.8) is 0 Å². The van der Waals surface area contributed by atoms with Gasteiger partial charge < -0.3 is 14.7 Å². The molecule has 2 aromatic rings. The number of hydrogen-bond donors (Lipinski definition) is 1. The summed E-state index contributed by atoms with van der Waals surface area (Å²) < 4.78 is 5.59. The summed E-state index contributed by atoms with van der Waals surface area (Å²) in [6.45, 7) is 2.26. The second kappa shape index (κ2) is 7.31. The number of carbonyl (C=O) groups excluding carboxylic acids is 1. The summed E-state index contributed by atoms with van der Waals surface area (Å²) in [5, 5.41) is 11.4. The van der Waals surface area contributed by atoms with E-state index < -0.39 is 5.60 Å². The van der Waals surface area contributed by atoms with Crippen molar-refractivity contribution in [2.75, 3.05) is 0 Å². The summed E-state index contributed by atoms with van der Waals surface area (Å²) in [6, 6.07) is 11.7. The van der Waals surface area contributed by atoms with Crippen LogP contribution in [0.3, 0.4) is 0 Å². The Morgan fingerprint density at radius 3 is 2.59 bits per heavy atom. The molecule has 1 amide bonds. The molecule has 5 nitrogen and oxygen atoms in total. The van der Waals surface area contributed by atoms with Crippen LogP contribution in [0.2, 0.25) is 0 Å². The van der Waals surface area contributed by atoms with Gasteiger partial charge in [0.25, 0.3) is 0 Å². The van der Waals surface area contributed by atoms with Crippen LogP contribution in [0.1, 0.15) is 48.8 Å². The number of fused-ring (bicyclic) bond motifs is 2. The molecule has 0 spiro atoms. The summed E-state index contributed by atoms with van der Waals surface area (Å²) in [7, 11) is 0. The summed E-state index contributed by atoms with van der Waals surface area (Å²) in [6.07, 6.45) is 7.25. The molecular formula is C22H26N2O3. The second-order valence-electron chi connectivity index (χ2n) is 7.88. The van der Waals surface area contributed by atoms with Gasteiger partial charge in [0.2, 0.25) is 0 Å². The number of aryl methyl sites for hydroxylation is 1. The van der Waals surface area contributed by atoms with Crippen molar-refractivity contribution in [1.82, 2.24) is 9.88 Å². The highest BCUT2D eigenvalue weighted by Gasteiger charge is 2.48. The summed E-state index contributed by atoms with van der Waals surface area (Å²) in [4.78, 5) is 18.9. The Bertz CT molecular complexity index is 794. The topological polar surface area (TPSA) is 62.7 Å². The lowest BCUT2D eigenvalue weighted by molar-refractivity contribution is -0.0898. The van der Waals surface area contributed by atoms with Crippen LogP contribution < -0.4 is 0 Å². The van der Waals surface area contributed by atoms with Crippen LogP contribution in [0.15, 0.2) is 48.8 Å². The molecule has 0 radical (unpaired) electrons. The van der Waals surface area contributed by atoms with Crippen LogP contribution in [-0.2, 0) is 16.9 Å². The van der Waals surface area contributed by atoms with Crippen molar-refractivity contribution < 1.29 is 14.6 Å². The number of piperidine rings is 2. The molecule has 2 bridgehead atoms. The van der Waals surface area contributed by atoms with Crippen molar-refractivity contribution in [1.29, 1.82) is 0 Å². The first-order valence-electron chi connectivity index (χ1n) is 9.69. The first-order valence-corrected chi connectivity index (χ1v) is 9.69. The van der Waals surface area contributed by atoms with Gasteiger partial charge in [0, 0.05) is 42.9 Å². The molecule has 142 valence electrons. The van der Waals surface area contributed by atoms with Crippen LogP contribution in [0.4, 0.5) is 4.79 Å². The van der Waals surface area contributed by atoms with Crippen molar-refractivity contribution in [3.05, 3.63) is 65.5 Å². The molecule has 1 aromatic carbocycles. The summed E-state index contributed by atoms with van der Waals surface area (Å²) >= 11 is 0. The summed E-state index contributed by atoms with van der Waals surface area (Å²) in [5.74, 6) is 0. The van der Waals surface area contributed by atoms with E-state index in [0.717, 1.165) is 36.0 Å². The van der Waals surface area contributed by atoms with E-state index in [1.54, 1.807) is 12.4 Å². The Hall–Kier alpha value is -2.40. The molecule has 4 rings (SSSR count). The number of ether oxygens (including phenoxy) is 1. The van der Waals surface area contributed by atoms with Crippen LogP contribution in [0.5, 0.6) is 0 Å². The fourth-order valence-electron chi connectivity index (χ4n) is 4.57. The number of rotatable bonds is 3. The number of benzene rings is 1. The maximum absolute atomic E-state index is 12.8. The monoisotopic (exact) mass is 366 g/mol. The third-order valence-corrected chi connectivity index (χ3v) is 5.84. The SMILES string of the molecule is Cc1cncc(C2(O)CC3CCCC(C2)N3C(=O)OCc2ccccc2)c1. The van der Waals surface area contributed by atoms with E-state index in [0.29, 0.717) is 12.8 Å². The molecule has 2 unspecified atom stereocenters. The Balaban J connectivity index is 1.49. The molecule has 2 aliphatic rings. The first-order chi connectivity index (χ1) is 13.0. The molecule has 2 atom stereocenters. The molecule has 2 aliphatic heterocycles. The number of amides is 1. The molecule has 2 fully saturated rings. The molecule has 0 aliphatic carbocycles. The quantitative estimate of drug-likeness (QED) is 0.894. The van der Waals surface area contributed by atoms with Gasteiger partial charge in [-0.1, -0.05) is 36.4 Å².